The van der Waals surface area contributed by atoms with E-state index in [0.29, 0.717) is 41.5 Å². The molecule has 2 aromatic carbocycles. The first-order valence-corrected chi connectivity index (χ1v) is 10.3. The highest BCUT2D eigenvalue weighted by molar-refractivity contribution is 6.31. The molecule has 1 saturated heterocycles. The molecule has 0 atom stereocenters. The Morgan fingerprint density at radius 1 is 1.17 bits per heavy atom. The number of aromatic nitrogens is 2. The van der Waals surface area contributed by atoms with Crippen LogP contribution >= 0.6 is 11.6 Å². The van der Waals surface area contributed by atoms with Crippen molar-refractivity contribution in [1.82, 2.24) is 9.78 Å². The number of carbonyl (C=O) groups excluding carboxylic acids is 2. The molecule has 30 heavy (non-hydrogen) atoms. The van der Waals surface area contributed by atoms with Gasteiger partial charge in [0.2, 0.25) is 5.91 Å². The zero-order valence-electron chi connectivity index (χ0n) is 17.0. The van der Waals surface area contributed by atoms with Crippen LogP contribution in [0, 0.1) is 13.8 Å². The van der Waals surface area contributed by atoms with Crippen LogP contribution in [-0.2, 0) is 11.3 Å². The summed E-state index contributed by atoms with van der Waals surface area (Å²) in [7, 11) is 0. The average Bonchev–Trinajstić information content (AvgIpc) is 3.26. The number of hydrogen-bond acceptors (Lipinski definition) is 3. The first-order chi connectivity index (χ1) is 14.4. The molecule has 2 heterocycles. The van der Waals surface area contributed by atoms with Crippen LogP contribution < -0.4 is 10.2 Å². The van der Waals surface area contributed by atoms with E-state index in [1.165, 1.54) is 0 Å². The van der Waals surface area contributed by atoms with E-state index in [-0.39, 0.29) is 11.8 Å². The second-order valence-corrected chi connectivity index (χ2v) is 7.86. The number of aryl methyl sites for hydroxylation is 1. The molecule has 1 fully saturated rings. The van der Waals surface area contributed by atoms with Crippen LogP contribution in [0.2, 0.25) is 5.02 Å². The van der Waals surface area contributed by atoms with Crippen molar-refractivity contribution in [1.29, 1.82) is 0 Å². The Balaban J connectivity index is 1.55. The minimum atomic E-state index is -0.222. The summed E-state index contributed by atoms with van der Waals surface area (Å²) in [4.78, 5) is 26.8. The molecule has 0 saturated carbocycles. The highest BCUT2D eigenvalue weighted by atomic mass is 35.5. The SMILES string of the molecule is Cc1nn(Cc2ccccc2Cl)c(C)c1C(=O)Nc1cccc(N2CCCC2=O)c1. The Morgan fingerprint density at radius 3 is 2.70 bits per heavy atom. The number of amides is 2. The summed E-state index contributed by atoms with van der Waals surface area (Å²) in [6.07, 6.45) is 1.43. The van der Waals surface area contributed by atoms with E-state index in [1.54, 1.807) is 9.58 Å². The highest BCUT2D eigenvalue weighted by Gasteiger charge is 2.23. The number of rotatable bonds is 5. The minimum absolute atomic E-state index is 0.117. The molecule has 1 aliphatic heterocycles. The van der Waals surface area contributed by atoms with Crippen LogP contribution in [0.5, 0.6) is 0 Å². The number of carbonyl (C=O) groups is 2. The Labute approximate surface area is 180 Å². The van der Waals surface area contributed by atoms with Crippen molar-refractivity contribution < 1.29 is 9.59 Å². The molecule has 0 aliphatic carbocycles. The van der Waals surface area contributed by atoms with Gasteiger partial charge in [0.05, 0.1) is 17.8 Å². The van der Waals surface area contributed by atoms with E-state index in [0.717, 1.165) is 23.4 Å². The zero-order chi connectivity index (χ0) is 21.3. The van der Waals surface area contributed by atoms with Crippen molar-refractivity contribution in [3.8, 4) is 0 Å². The van der Waals surface area contributed by atoms with Gasteiger partial charge in [0, 0.05) is 35.1 Å². The molecule has 0 radical (unpaired) electrons. The van der Waals surface area contributed by atoms with Gasteiger partial charge in [-0.2, -0.15) is 5.10 Å². The third-order valence-electron chi connectivity index (χ3n) is 5.38. The second kappa shape index (κ2) is 8.32. The van der Waals surface area contributed by atoms with Gasteiger partial charge in [-0.05, 0) is 50.1 Å². The van der Waals surface area contributed by atoms with Crippen LogP contribution in [-0.4, -0.2) is 28.1 Å². The molecule has 154 valence electrons. The first-order valence-electron chi connectivity index (χ1n) is 9.93. The fraction of sp³-hybridized carbons (Fsp3) is 0.261. The lowest BCUT2D eigenvalue weighted by atomic mass is 10.1. The molecule has 7 heteroatoms. The number of halogens is 1. The highest BCUT2D eigenvalue weighted by Crippen LogP contribution is 2.25. The molecule has 6 nitrogen and oxygen atoms in total. The molecule has 1 aromatic heterocycles. The smallest absolute Gasteiger partial charge is 0.259 e. The van der Waals surface area contributed by atoms with Crippen molar-refractivity contribution in [3.05, 3.63) is 76.1 Å². The lowest BCUT2D eigenvalue weighted by Crippen LogP contribution is -2.23. The third-order valence-corrected chi connectivity index (χ3v) is 5.74. The summed E-state index contributed by atoms with van der Waals surface area (Å²) in [5.41, 5.74) is 4.37. The summed E-state index contributed by atoms with van der Waals surface area (Å²) >= 11 is 6.27. The fourth-order valence-corrected chi connectivity index (χ4v) is 4.03. The molecule has 2 amide bonds. The number of nitrogens with zero attached hydrogens (tertiary/aromatic N) is 3. The van der Waals surface area contributed by atoms with Gasteiger partial charge in [-0.25, -0.2) is 0 Å². The van der Waals surface area contributed by atoms with Crippen LogP contribution in [0.4, 0.5) is 11.4 Å². The summed E-state index contributed by atoms with van der Waals surface area (Å²) in [6.45, 7) is 4.91. The van der Waals surface area contributed by atoms with E-state index in [9.17, 15) is 9.59 Å². The molecule has 1 N–H and O–H groups in total. The molecule has 3 aromatic rings. The molecule has 0 spiro atoms. The molecule has 0 bridgehead atoms. The topological polar surface area (TPSA) is 67.2 Å². The fourth-order valence-electron chi connectivity index (χ4n) is 3.83. The van der Waals surface area contributed by atoms with Crippen LogP contribution in [0.15, 0.2) is 48.5 Å². The number of benzene rings is 2. The maximum atomic E-state index is 13.0. The lowest BCUT2D eigenvalue weighted by Gasteiger charge is -2.16. The monoisotopic (exact) mass is 422 g/mol. The Kier molecular flexibility index (Phi) is 5.59. The summed E-state index contributed by atoms with van der Waals surface area (Å²) in [6, 6.07) is 15.0. The van der Waals surface area contributed by atoms with E-state index < -0.39 is 0 Å². The van der Waals surface area contributed by atoms with Gasteiger partial charge >= 0.3 is 0 Å². The van der Waals surface area contributed by atoms with Gasteiger partial charge < -0.3 is 10.2 Å². The van der Waals surface area contributed by atoms with Crippen molar-refractivity contribution in [2.45, 2.75) is 33.2 Å². The number of anilines is 2. The largest absolute Gasteiger partial charge is 0.322 e. The number of nitrogens with one attached hydrogen (secondary N) is 1. The van der Waals surface area contributed by atoms with Crippen molar-refractivity contribution in [3.63, 3.8) is 0 Å². The quantitative estimate of drug-likeness (QED) is 0.654. The van der Waals surface area contributed by atoms with E-state index in [1.807, 2.05) is 62.4 Å². The standard InChI is InChI=1S/C23H23ClN4O2/c1-15-22(16(2)28(26-15)14-17-7-3-4-10-20(17)24)23(30)25-18-8-5-9-19(13-18)27-12-6-11-21(27)29/h3-5,7-10,13H,6,11-12,14H2,1-2H3,(H,25,30). The zero-order valence-corrected chi connectivity index (χ0v) is 17.7. The molecular weight excluding hydrogens is 400 g/mol. The van der Waals surface area contributed by atoms with Gasteiger partial charge in [0.25, 0.3) is 5.91 Å². The van der Waals surface area contributed by atoms with E-state index in [4.69, 9.17) is 11.6 Å². The summed E-state index contributed by atoms with van der Waals surface area (Å²) in [5.74, 6) is -0.105. The minimum Gasteiger partial charge on any atom is -0.322 e. The summed E-state index contributed by atoms with van der Waals surface area (Å²) < 4.78 is 1.80. The normalized spacial score (nSPS) is 13.7. The maximum absolute atomic E-state index is 13.0. The van der Waals surface area contributed by atoms with Crippen molar-refractivity contribution >= 4 is 34.8 Å². The Morgan fingerprint density at radius 2 is 1.97 bits per heavy atom. The van der Waals surface area contributed by atoms with Crippen molar-refractivity contribution in [2.24, 2.45) is 0 Å². The number of hydrogen-bond donors (Lipinski definition) is 1. The van der Waals surface area contributed by atoms with E-state index in [2.05, 4.69) is 10.4 Å². The van der Waals surface area contributed by atoms with Crippen LogP contribution in [0.1, 0.15) is 40.2 Å². The second-order valence-electron chi connectivity index (χ2n) is 7.45. The van der Waals surface area contributed by atoms with E-state index >= 15 is 0 Å². The Hall–Kier alpha value is -3.12. The van der Waals surface area contributed by atoms with Crippen molar-refractivity contribution in [2.75, 3.05) is 16.8 Å². The molecule has 0 unspecified atom stereocenters. The summed E-state index contributed by atoms with van der Waals surface area (Å²) in [5, 5.41) is 8.17. The predicted octanol–water partition coefficient (Wildman–Crippen LogP) is 4.58. The Bertz CT molecular complexity index is 1120. The van der Waals surface area contributed by atoms with Gasteiger partial charge in [-0.3, -0.25) is 14.3 Å². The van der Waals surface area contributed by atoms with Gasteiger partial charge in [-0.1, -0.05) is 35.9 Å². The average molecular weight is 423 g/mol. The lowest BCUT2D eigenvalue weighted by molar-refractivity contribution is -0.117. The first kappa shape index (κ1) is 20.2. The van der Waals surface area contributed by atoms with Gasteiger partial charge in [0.15, 0.2) is 0 Å². The van der Waals surface area contributed by atoms with Gasteiger partial charge in [-0.15, -0.1) is 0 Å². The van der Waals surface area contributed by atoms with Crippen LogP contribution in [0.3, 0.4) is 0 Å². The van der Waals surface area contributed by atoms with Crippen LogP contribution in [0.25, 0.3) is 0 Å². The predicted molar refractivity (Wildman–Crippen MR) is 118 cm³/mol. The van der Waals surface area contributed by atoms with Gasteiger partial charge in [0.1, 0.15) is 0 Å². The molecule has 4 rings (SSSR count). The molecule has 1 aliphatic rings. The maximum Gasteiger partial charge on any atom is 0.259 e. The third kappa shape index (κ3) is 3.96. The molecular formula is C23H23ClN4O2.